The van der Waals surface area contributed by atoms with Crippen molar-refractivity contribution < 1.29 is 5.11 Å². The number of hydrogen-bond acceptors (Lipinski definition) is 3. The van der Waals surface area contributed by atoms with Crippen LogP contribution in [0.15, 0.2) is 30.3 Å². The van der Waals surface area contributed by atoms with Gasteiger partial charge in [-0.05, 0) is 12.5 Å². The molecule has 0 aliphatic heterocycles. The van der Waals surface area contributed by atoms with Crippen molar-refractivity contribution in [2.75, 3.05) is 6.54 Å². The molecule has 0 heterocycles. The van der Waals surface area contributed by atoms with Crippen molar-refractivity contribution in [3.8, 4) is 0 Å². The molecular weight excluding hydrogens is 164 g/mol. The van der Waals surface area contributed by atoms with E-state index in [0.29, 0.717) is 13.1 Å². The highest BCUT2D eigenvalue weighted by atomic mass is 16.3. The number of nitrogens with two attached hydrogens (primary N) is 1. The maximum Gasteiger partial charge on any atom is 0.0653 e. The summed E-state index contributed by atoms with van der Waals surface area (Å²) in [6.07, 6.45) is -0.381. The molecule has 1 aromatic carbocycles. The van der Waals surface area contributed by atoms with Crippen LogP contribution in [0.3, 0.4) is 0 Å². The van der Waals surface area contributed by atoms with Crippen LogP contribution in [0.5, 0.6) is 0 Å². The second kappa shape index (κ2) is 4.97. The molecular formula is C10H16N2O. The van der Waals surface area contributed by atoms with E-state index < -0.39 is 0 Å². The van der Waals surface area contributed by atoms with Gasteiger partial charge in [-0.2, -0.15) is 0 Å². The summed E-state index contributed by atoms with van der Waals surface area (Å²) < 4.78 is 0. The van der Waals surface area contributed by atoms with Crippen LogP contribution in [0.2, 0.25) is 0 Å². The van der Waals surface area contributed by atoms with Crippen LogP contribution in [-0.2, 0) is 6.54 Å². The van der Waals surface area contributed by atoms with Gasteiger partial charge in [0.1, 0.15) is 0 Å². The van der Waals surface area contributed by atoms with E-state index in [4.69, 9.17) is 10.9 Å². The standard InChI is InChI=1S/C10H16N2O/c1-9(13)7-12(11)8-10-5-3-2-4-6-10/h2-6,9,13H,7-8,11H2,1H3. The van der Waals surface area contributed by atoms with Gasteiger partial charge in [0.2, 0.25) is 0 Å². The molecule has 0 aromatic heterocycles. The second-order valence-corrected chi connectivity index (χ2v) is 3.26. The first kappa shape index (κ1) is 10.2. The van der Waals surface area contributed by atoms with Gasteiger partial charge in [0.15, 0.2) is 0 Å². The van der Waals surface area contributed by atoms with Crippen molar-refractivity contribution >= 4 is 0 Å². The predicted octanol–water partition coefficient (Wildman–Crippen LogP) is 0.743. The Balaban J connectivity index is 2.41. The summed E-state index contributed by atoms with van der Waals surface area (Å²) in [7, 11) is 0. The highest BCUT2D eigenvalue weighted by Crippen LogP contribution is 2.01. The third kappa shape index (κ3) is 4.03. The zero-order valence-electron chi connectivity index (χ0n) is 7.85. The monoisotopic (exact) mass is 180 g/mol. The van der Waals surface area contributed by atoms with Crippen LogP contribution in [-0.4, -0.2) is 22.8 Å². The number of hydrazine groups is 1. The van der Waals surface area contributed by atoms with E-state index in [-0.39, 0.29) is 6.10 Å². The molecule has 3 N–H and O–H groups in total. The molecule has 0 aliphatic carbocycles. The molecule has 0 bridgehead atoms. The molecule has 3 heteroatoms. The minimum absolute atomic E-state index is 0.381. The van der Waals surface area contributed by atoms with Crippen LogP contribution in [0.1, 0.15) is 12.5 Å². The summed E-state index contributed by atoms with van der Waals surface area (Å²) in [4.78, 5) is 0. The quantitative estimate of drug-likeness (QED) is 0.531. The van der Waals surface area contributed by atoms with E-state index in [9.17, 15) is 0 Å². The van der Waals surface area contributed by atoms with Gasteiger partial charge in [-0.15, -0.1) is 0 Å². The number of rotatable bonds is 4. The lowest BCUT2D eigenvalue weighted by molar-refractivity contribution is 0.123. The SMILES string of the molecule is CC(O)CN(N)Cc1ccccc1. The summed E-state index contributed by atoms with van der Waals surface area (Å²) >= 11 is 0. The molecule has 1 aromatic rings. The highest BCUT2D eigenvalue weighted by molar-refractivity contribution is 5.14. The Hall–Kier alpha value is -0.900. The molecule has 0 aliphatic rings. The van der Waals surface area contributed by atoms with Crippen molar-refractivity contribution in [1.29, 1.82) is 0 Å². The molecule has 0 amide bonds. The van der Waals surface area contributed by atoms with Crippen LogP contribution in [0.25, 0.3) is 0 Å². The fourth-order valence-corrected chi connectivity index (χ4v) is 1.22. The van der Waals surface area contributed by atoms with Crippen molar-refractivity contribution in [2.45, 2.75) is 19.6 Å². The largest absolute Gasteiger partial charge is 0.392 e. The fraction of sp³-hybridized carbons (Fsp3) is 0.400. The van der Waals surface area contributed by atoms with Crippen molar-refractivity contribution in [3.05, 3.63) is 35.9 Å². The number of hydrogen-bond donors (Lipinski definition) is 2. The molecule has 0 saturated carbocycles. The Bertz CT molecular complexity index is 236. The Morgan fingerprint density at radius 2 is 2.00 bits per heavy atom. The van der Waals surface area contributed by atoms with Gasteiger partial charge < -0.3 is 5.11 Å². The molecule has 1 rings (SSSR count). The molecule has 1 unspecified atom stereocenters. The van der Waals surface area contributed by atoms with Crippen LogP contribution in [0, 0.1) is 0 Å². The third-order valence-corrected chi connectivity index (χ3v) is 1.73. The average molecular weight is 180 g/mol. The Morgan fingerprint density at radius 3 is 2.54 bits per heavy atom. The molecule has 0 radical (unpaired) electrons. The van der Waals surface area contributed by atoms with Gasteiger partial charge in [-0.25, -0.2) is 5.01 Å². The van der Waals surface area contributed by atoms with Crippen LogP contribution >= 0.6 is 0 Å². The number of nitrogens with zero attached hydrogens (tertiary/aromatic N) is 1. The van der Waals surface area contributed by atoms with Crippen LogP contribution in [0.4, 0.5) is 0 Å². The van der Waals surface area contributed by atoms with Crippen molar-refractivity contribution in [2.24, 2.45) is 5.84 Å². The minimum Gasteiger partial charge on any atom is -0.392 e. The maximum atomic E-state index is 9.08. The molecule has 1 atom stereocenters. The van der Waals surface area contributed by atoms with E-state index in [1.165, 1.54) is 0 Å². The lowest BCUT2D eigenvalue weighted by Crippen LogP contribution is -2.36. The van der Waals surface area contributed by atoms with Gasteiger partial charge in [0.25, 0.3) is 0 Å². The van der Waals surface area contributed by atoms with E-state index in [2.05, 4.69) is 0 Å². The Morgan fingerprint density at radius 1 is 1.38 bits per heavy atom. The van der Waals surface area contributed by atoms with Gasteiger partial charge in [-0.1, -0.05) is 30.3 Å². The number of aliphatic hydroxyl groups excluding tert-OH is 1. The summed E-state index contributed by atoms with van der Waals surface area (Å²) in [5.74, 6) is 5.68. The van der Waals surface area contributed by atoms with E-state index >= 15 is 0 Å². The van der Waals surface area contributed by atoms with Gasteiger partial charge in [0, 0.05) is 13.1 Å². The second-order valence-electron chi connectivity index (χ2n) is 3.26. The molecule has 72 valence electrons. The molecule has 0 saturated heterocycles. The molecule has 3 nitrogen and oxygen atoms in total. The zero-order valence-corrected chi connectivity index (χ0v) is 7.85. The van der Waals surface area contributed by atoms with E-state index in [1.54, 1.807) is 11.9 Å². The molecule has 13 heavy (non-hydrogen) atoms. The lowest BCUT2D eigenvalue weighted by Gasteiger charge is -2.17. The molecule has 0 fully saturated rings. The maximum absolute atomic E-state index is 9.08. The van der Waals surface area contributed by atoms with Gasteiger partial charge >= 0.3 is 0 Å². The Kier molecular flexibility index (Phi) is 3.89. The summed E-state index contributed by atoms with van der Waals surface area (Å²) in [6.45, 7) is 2.89. The van der Waals surface area contributed by atoms with Crippen molar-refractivity contribution in [1.82, 2.24) is 5.01 Å². The van der Waals surface area contributed by atoms with E-state index in [0.717, 1.165) is 5.56 Å². The zero-order chi connectivity index (χ0) is 9.68. The summed E-state index contributed by atoms with van der Waals surface area (Å²) in [5.41, 5.74) is 1.16. The predicted molar refractivity (Wildman–Crippen MR) is 52.7 cm³/mol. The van der Waals surface area contributed by atoms with E-state index in [1.807, 2.05) is 30.3 Å². The van der Waals surface area contributed by atoms with Gasteiger partial charge in [0.05, 0.1) is 6.10 Å². The van der Waals surface area contributed by atoms with Crippen molar-refractivity contribution in [3.63, 3.8) is 0 Å². The Labute approximate surface area is 78.8 Å². The normalized spacial score (nSPS) is 13.2. The topological polar surface area (TPSA) is 49.5 Å². The lowest BCUT2D eigenvalue weighted by atomic mass is 10.2. The summed E-state index contributed by atoms with van der Waals surface area (Å²) in [5, 5.41) is 10.7. The third-order valence-electron chi connectivity index (χ3n) is 1.73. The average Bonchev–Trinajstić information content (AvgIpc) is 2.04. The smallest absolute Gasteiger partial charge is 0.0653 e. The highest BCUT2D eigenvalue weighted by Gasteiger charge is 2.03. The first-order valence-corrected chi connectivity index (χ1v) is 4.40. The van der Waals surface area contributed by atoms with Crippen LogP contribution < -0.4 is 5.84 Å². The first-order chi connectivity index (χ1) is 6.18. The number of benzene rings is 1. The molecule has 0 spiro atoms. The van der Waals surface area contributed by atoms with Gasteiger partial charge in [-0.3, -0.25) is 5.84 Å². The summed E-state index contributed by atoms with van der Waals surface area (Å²) in [6, 6.07) is 9.96. The first-order valence-electron chi connectivity index (χ1n) is 4.40. The fourth-order valence-electron chi connectivity index (χ4n) is 1.22. The minimum atomic E-state index is -0.381. The number of aliphatic hydroxyl groups is 1.